The summed E-state index contributed by atoms with van der Waals surface area (Å²) in [7, 11) is -2.91. The van der Waals surface area contributed by atoms with Crippen LogP contribution in [0.25, 0.3) is 0 Å². The lowest BCUT2D eigenvalue weighted by Gasteiger charge is -2.32. The van der Waals surface area contributed by atoms with E-state index in [0.717, 1.165) is 38.4 Å². The Hall–Kier alpha value is -1.32. The largest absolute Gasteiger partial charge is 0.357 e. The predicted octanol–water partition coefficient (Wildman–Crippen LogP) is 1.98. The molecule has 1 aromatic rings. The van der Waals surface area contributed by atoms with E-state index in [9.17, 15) is 12.8 Å². The number of hydrogen-bond acceptors (Lipinski definition) is 5. The summed E-state index contributed by atoms with van der Waals surface area (Å²) < 4.78 is 36.2. The van der Waals surface area contributed by atoms with Gasteiger partial charge in [0.2, 0.25) is 0 Å². The number of hydrogen-bond donors (Lipinski definition) is 2. The number of guanidine groups is 1. The summed E-state index contributed by atoms with van der Waals surface area (Å²) in [6, 6.07) is 7.11. The van der Waals surface area contributed by atoms with E-state index in [-0.39, 0.29) is 11.6 Å². The molecule has 0 unspecified atom stereocenters. The second kappa shape index (κ2) is 11.6. The van der Waals surface area contributed by atoms with Gasteiger partial charge in [-0.1, -0.05) is 12.1 Å². The summed E-state index contributed by atoms with van der Waals surface area (Å²) in [6.45, 7) is 5.78. The summed E-state index contributed by atoms with van der Waals surface area (Å²) in [5.41, 5.74) is 0. The van der Waals surface area contributed by atoms with Gasteiger partial charge in [-0.3, -0.25) is 4.99 Å². The smallest absolute Gasteiger partial charge is 0.191 e. The highest BCUT2D eigenvalue weighted by molar-refractivity contribution is 7.99. The van der Waals surface area contributed by atoms with Gasteiger partial charge in [-0.25, -0.2) is 12.8 Å². The number of piperidine rings is 1. The molecule has 0 radical (unpaired) electrons. The van der Waals surface area contributed by atoms with Crippen molar-refractivity contribution in [2.45, 2.75) is 30.7 Å². The van der Waals surface area contributed by atoms with Gasteiger partial charge in [0.1, 0.15) is 15.7 Å². The van der Waals surface area contributed by atoms with Gasteiger partial charge in [0.25, 0.3) is 0 Å². The fraction of sp³-hybridized carbons (Fsp3) is 0.632. The molecular formula is C19H31FN4O2S2. The summed E-state index contributed by atoms with van der Waals surface area (Å²) in [5, 5.41) is 6.73. The van der Waals surface area contributed by atoms with Crippen molar-refractivity contribution in [3.8, 4) is 0 Å². The molecule has 0 aromatic heterocycles. The van der Waals surface area contributed by atoms with Crippen LogP contribution < -0.4 is 10.6 Å². The summed E-state index contributed by atoms with van der Waals surface area (Å²) >= 11 is 1.47. The number of rotatable bonds is 9. The van der Waals surface area contributed by atoms with Crippen LogP contribution in [-0.4, -0.2) is 75.8 Å². The molecule has 1 aliphatic rings. The monoisotopic (exact) mass is 430 g/mol. The molecule has 0 spiro atoms. The Morgan fingerprint density at radius 2 is 2.04 bits per heavy atom. The first-order chi connectivity index (χ1) is 13.4. The van der Waals surface area contributed by atoms with Crippen LogP contribution in [0.2, 0.25) is 0 Å². The minimum atomic E-state index is -2.91. The lowest BCUT2D eigenvalue weighted by atomic mass is 10.1. The Labute approximate surface area is 172 Å². The third kappa shape index (κ3) is 8.79. The van der Waals surface area contributed by atoms with Crippen LogP contribution in [0.1, 0.15) is 19.8 Å². The van der Waals surface area contributed by atoms with Crippen molar-refractivity contribution in [3.63, 3.8) is 0 Å². The molecular weight excluding hydrogens is 399 g/mol. The average molecular weight is 431 g/mol. The summed E-state index contributed by atoms with van der Waals surface area (Å²) in [4.78, 5) is 7.45. The molecule has 0 saturated carbocycles. The van der Waals surface area contributed by atoms with Crippen LogP contribution in [0, 0.1) is 5.82 Å². The van der Waals surface area contributed by atoms with E-state index in [4.69, 9.17) is 0 Å². The van der Waals surface area contributed by atoms with Crippen molar-refractivity contribution in [1.82, 2.24) is 15.5 Å². The number of aliphatic imine (C=N–C) groups is 1. The third-order valence-corrected chi connectivity index (χ3v) is 6.46. The Kier molecular flexibility index (Phi) is 9.53. The number of nitrogens with one attached hydrogen (secondary N) is 2. The Bertz CT molecular complexity index is 735. The first kappa shape index (κ1) is 23.0. The second-order valence-corrected chi connectivity index (χ2v) is 10.3. The van der Waals surface area contributed by atoms with Crippen molar-refractivity contribution < 1.29 is 12.8 Å². The maximum atomic E-state index is 13.6. The first-order valence-corrected chi connectivity index (χ1v) is 12.7. The van der Waals surface area contributed by atoms with Crippen molar-refractivity contribution in [2.75, 3.05) is 50.5 Å². The van der Waals surface area contributed by atoms with Crippen LogP contribution in [0.15, 0.2) is 34.2 Å². The van der Waals surface area contributed by atoms with Crippen molar-refractivity contribution in [1.29, 1.82) is 0 Å². The second-order valence-electron chi connectivity index (χ2n) is 6.93. The van der Waals surface area contributed by atoms with Gasteiger partial charge in [0.15, 0.2) is 5.96 Å². The van der Waals surface area contributed by atoms with Crippen LogP contribution >= 0.6 is 11.8 Å². The van der Waals surface area contributed by atoms with E-state index >= 15 is 0 Å². The highest BCUT2D eigenvalue weighted by Gasteiger charge is 2.20. The van der Waals surface area contributed by atoms with Gasteiger partial charge in [0, 0.05) is 49.1 Å². The molecule has 0 aliphatic carbocycles. The number of nitrogens with zero attached hydrogens (tertiary/aromatic N) is 2. The maximum absolute atomic E-state index is 13.6. The zero-order valence-corrected chi connectivity index (χ0v) is 18.3. The average Bonchev–Trinajstić information content (AvgIpc) is 2.65. The molecule has 1 aliphatic heterocycles. The SMILES string of the molecule is CCNC(=NCCSc1ccccc1F)NC1CCN(CCS(C)(=O)=O)CC1. The molecule has 0 atom stereocenters. The minimum absolute atomic E-state index is 0.191. The number of thioether (sulfide) groups is 1. The van der Waals surface area contributed by atoms with Gasteiger partial charge in [0.05, 0.1) is 12.3 Å². The molecule has 28 heavy (non-hydrogen) atoms. The standard InChI is InChI=1S/C19H31FN4O2S2/c1-3-21-19(22-10-14-27-18-7-5-4-6-17(18)20)23-16-8-11-24(12-9-16)13-15-28(2,25)26/h4-7,16H,3,8-15H2,1-2H3,(H2,21,22,23). The van der Waals surface area contributed by atoms with Crippen molar-refractivity contribution in [2.24, 2.45) is 4.99 Å². The van der Waals surface area contributed by atoms with E-state index in [1.807, 2.05) is 13.0 Å². The number of benzene rings is 1. The quantitative estimate of drug-likeness (QED) is 0.270. The van der Waals surface area contributed by atoms with Gasteiger partial charge in [-0.15, -0.1) is 11.8 Å². The molecule has 1 saturated heterocycles. The number of halogens is 1. The van der Waals surface area contributed by atoms with Gasteiger partial charge < -0.3 is 15.5 Å². The topological polar surface area (TPSA) is 73.8 Å². The zero-order chi connectivity index (χ0) is 20.4. The first-order valence-electron chi connectivity index (χ1n) is 9.69. The molecule has 9 heteroatoms. The van der Waals surface area contributed by atoms with Gasteiger partial charge >= 0.3 is 0 Å². The Balaban J connectivity index is 1.74. The number of sulfone groups is 1. The van der Waals surface area contributed by atoms with Gasteiger partial charge in [-0.2, -0.15) is 0 Å². The highest BCUT2D eigenvalue weighted by Crippen LogP contribution is 2.20. The lowest BCUT2D eigenvalue weighted by Crippen LogP contribution is -2.49. The zero-order valence-electron chi connectivity index (χ0n) is 16.7. The van der Waals surface area contributed by atoms with E-state index < -0.39 is 9.84 Å². The number of likely N-dealkylation sites (tertiary alicyclic amines) is 1. The van der Waals surface area contributed by atoms with Crippen LogP contribution in [0.4, 0.5) is 4.39 Å². The highest BCUT2D eigenvalue weighted by atomic mass is 32.2. The van der Waals surface area contributed by atoms with Crippen molar-refractivity contribution in [3.05, 3.63) is 30.1 Å². The Morgan fingerprint density at radius 3 is 2.68 bits per heavy atom. The van der Waals surface area contributed by atoms with Gasteiger partial charge in [-0.05, 0) is 31.9 Å². The third-order valence-electron chi connectivity index (χ3n) is 4.51. The molecule has 6 nitrogen and oxygen atoms in total. The predicted molar refractivity (Wildman–Crippen MR) is 115 cm³/mol. The Morgan fingerprint density at radius 1 is 1.32 bits per heavy atom. The summed E-state index contributed by atoms with van der Waals surface area (Å²) in [6.07, 6.45) is 3.20. The van der Waals surface area contributed by atoms with Crippen LogP contribution in [0.5, 0.6) is 0 Å². The molecule has 0 amide bonds. The fourth-order valence-corrected chi connectivity index (χ4v) is 4.36. The fourth-order valence-electron chi connectivity index (χ4n) is 2.98. The summed E-state index contributed by atoms with van der Waals surface area (Å²) in [5.74, 6) is 1.52. The molecule has 1 aromatic carbocycles. The minimum Gasteiger partial charge on any atom is -0.357 e. The van der Waals surface area contributed by atoms with E-state index in [0.29, 0.717) is 29.8 Å². The van der Waals surface area contributed by atoms with Crippen LogP contribution in [0.3, 0.4) is 0 Å². The molecule has 0 bridgehead atoms. The van der Waals surface area contributed by atoms with E-state index in [1.165, 1.54) is 24.1 Å². The molecule has 1 heterocycles. The van der Waals surface area contributed by atoms with Crippen molar-refractivity contribution >= 4 is 27.6 Å². The normalized spacial score (nSPS) is 16.9. The molecule has 1 fully saturated rings. The lowest BCUT2D eigenvalue weighted by molar-refractivity contribution is 0.216. The molecule has 2 N–H and O–H groups in total. The van der Waals surface area contributed by atoms with E-state index in [1.54, 1.807) is 12.1 Å². The molecule has 158 valence electrons. The maximum Gasteiger partial charge on any atom is 0.191 e. The molecule has 2 rings (SSSR count). The van der Waals surface area contributed by atoms with E-state index in [2.05, 4.69) is 20.5 Å². The van der Waals surface area contributed by atoms with Crippen LogP contribution in [-0.2, 0) is 9.84 Å².